The fourth-order valence-corrected chi connectivity index (χ4v) is 0. The molecule has 6 heavy (non-hydrogen) atoms. The summed E-state index contributed by atoms with van der Waals surface area (Å²) in [4.78, 5) is 0. The second-order valence-corrected chi connectivity index (χ2v) is 0. The summed E-state index contributed by atoms with van der Waals surface area (Å²) in [6.45, 7) is 0. The molecular weight excluding hydrogens is 514 g/mol. The largest absolute Gasteiger partial charge is 1.00 e. The van der Waals surface area contributed by atoms with E-state index >= 15 is 0 Å². The van der Waals surface area contributed by atoms with Crippen LogP contribution in [-0.4, -0.2) is 0 Å². The SMILES string of the molecule is I.I.I.[H-].[Na+].[Sc].[Zn]. The summed E-state index contributed by atoms with van der Waals surface area (Å²) in [6.07, 6.45) is 0. The molecule has 0 heterocycles. The van der Waals surface area contributed by atoms with Crippen molar-refractivity contribution in [2.45, 2.75) is 0 Å². The third-order valence-corrected chi connectivity index (χ3v) is 0. The molecule has 0 nitrogen and oxygen atoms in total. The van der Waals surface area contributed by atoms with E-state index in [9.17, 15) is 0 Å². The van der Waals surface area contributed by atoms with Crippen LogP contribution in [0.4, 0.5) is 0 Å². The predicted octanol–water partition coefficient (Wildman–Crippen LogP) is -1.03. The zero-order chi connectivity index (χ0) is 0. The molecule has 6 heteroatoms. The maximum Gasteiger partial charge on any atom is 1.00 e. The van der Waals surface area contributed by atoms with Crippen LogP contribution in [0.1, 0.15) is 1.43 Å². The van der Waals surface area contributed by atoms with Gasteiger partial charge in [0.25, 0.3) is 0 Å². The third-order valence-electron chi connectivity index (χ3n) is 0. The minimum Gasteiger partial charge on any atom is -1.00 e. The summed E-state index contributed by atoms with van der Waals surface area (Å²) in [5, 5.41) is 0. The summed E-state index contributed by atoms with van der Waals surface area (Å²) >= 11 is 0. The summed E-state index contributed by atoms with van der Waals surface area (Å²) < 4.78 is 0. The Morgan fingerprint density at radius 1 is 0.833 bits per heavy atom. The van der Waals surface area contributed by atoms with Crippen LogP contribution < -0.4 is 29.6 Å². The monoisotopic (exact) mass is 517 g/mol. The molecule has 0 saturated heterocycles. The van der Waals surface area contributed by atoms with Gasteiger partial charge in [-0.2, -0.15) is 0 Å². The fourth-order valence-electron chi connectivity index (χ4n) is 0. The molecule has 1 radical (unpaired) electrons. The van der Waals surface area contributed by atoms with Crippen molar-refractivity contribution >= 4 is 71.9 Å². The van der Waals surface area contributed by atoms with Gasteiger partial charge in [0.05, 0.1) is 0 Å². The van der Waals surface area contributed by atoms with Crippen LogP contribution >= 0.6 is 71.9 Å². The third kappa shape index (κ3) is 23.4. The average Bonchev–Trinajstić information content (AvgIpc) is 0. The molecule has 0 saturated carbocycles. The second kappa shape index (κ2) is 33.3. The summed E-state index contributed by atoms with van der Waals surface area (Å²) in [5.74, 6) is 0. The van der Waals surface area contributed by atoms with E-state index < -0.39 is 0 Å². The number of halogens is 3. The normalized spacial score (nSPS) is 0. The Bertz CT molecular complexity index is 14.9. The Morgan fingerprint density at radius 3 is 0.833 bits per heavy atom. The Hall–Kier alpha value is 4.68. The first-order chi connectivity index (χ1) is 0. The predicted molar refractivity (Wildman–Crippen MR) is 47.4 cm³/mol. The van der Waals surface area contributed by atoms with E-state index in [-0.39, 0.29) is 148 Å². The Kier molecular flexibility index (Phi) is 253. The van der Waals surface area contributed by atoms with Crippen molar-refractivity contribution in [3.8, 4) is 0 Å². The first-order valence-electron chi connectivity index (χ1n) is 0. The molecule has 0 unspecified atom stereocenters. The molecule has 0 aromatic rings. The molecule has 0 N–H and O–H groups in total. The van der Waals surface area contributed by atoms with Crippen LogP contribution in [0.3, 0.4) is 0 Å². The maximum atomic E-state index is 0. The molecule has 0 aliphatic heterocycles. The number of hydrogen-bond acceptors (Lipinski definition) is 0. The molecule has 0 aliphatic carbocycles. The zero-order valence-corrected chi connectivity index (χ0v) is 17.3. The van der Waals surface area contributed by atoms with E-state index in [0.29, 0.717) is 0 Å². The van der Waals surface area contributed by atoms with Crippen LogP contribution in [0.15, 0.2) is 0 Å². The van der Waals surface area contributed by atoms with Crippen LogP contribution in [0.2, 0.25) is 0 Å². The van der Waals surface area contributed by atoms with Gasteiger partial charge < -0.3 is 1.43 Å². The number of hydrogen-bond donors (Lipinski definition) is 0. The van der Waals surface area contributed by atoms with Gasteiger partial charge in [-0.25, -0.2) is 0 Å². The van der Waals surface area contributed by atoms with Crippen molar-refractivity contribution in [3.63, 3.8) is 0 Å². The first-order valence-corrected chi connectivity index (χ1v) is 0. The van der Waals surface area contributed by atoms with Gasteiger partial charge in [0, 0.05) is 45.3 Å². The zero-order valence-electron chi connectivity index (χ0n) is 4.51. The van der Waals surface area contributed by atoms with Crippen LogP contribution in [0.5, 0.6) is 0 Å². The molecule has 0 atom stereocenters. The molecule has 0 spiro atoms. The Labute approximate surface area is 144 Å². The smallest absolute Gasteiger partial charge is 1.00 e. The molecule has 0 aliphatic rings. The van der Waals surface area contributed by atoms with E-state index in [4.69, 9.17) is 0 Å². The van der Waals surface area contributed by atoms with Crippen LogP contribution in [0, 0.1) is 0 Å². The summed E-state index contributed by atoms with van der Waals surface area (Å²) in [6, 6.07) is 0. The van der Waals surface area contributed by atoms with E-state index in [1.165, 1.54) is 0 Å². The standard InChI is InChI=1S/3HI.Na.Sc.Zn.H/h3*1H;;;;/q;;;+1;;;-1. The van der Waals surface area contributed by atoms with Crippen molar-refractivity contribution in [2.24, 2.45) is 0 Å². The minimum atomic E-state index is 0. The minimum absolute atomic E-state index is 0. The quantitative estimate of drug-likeness (QED) is 0.285. The van der Waals surface area contributed by atoms with Gasteiger partial charge in [0.2, 0.25) is 0 Å². The average molecular weight is 518 g/mol. The van der Waals surface area contributed by atoms with E-state index in [1.807, 2.05) is 0 Å². The fraction of sp³-hybridized carbons (Fsp3) is 0. The van der Waals surface area contributed by atoms with Gasteiger partial charge in [0.15, 0.2) is 0 Å². The van der Waals surface area contributed by atoms with Crippen molar-refractivity contribution < 1.29 is 76.3 Å². The van der Waals surface area contributed by atoms with Gasteiger partial charge in [0.1, 0.15) is 0 Å². The van der Waals surface area contributed by atoms with E-state index in [2.05, 4.69) is 0 Å². The van der Waals surface area contributed by atoms with Gasteiger partial charge in [-0.05, 0) is 0 Å². The van der Waals surface area contributed by atoms with Crippen molar-refractivity contribution in [1.82, 2.24) is 0 Å². The van der Waals surface area contributed by atoms with Gasteiger partial charge >= 0.3 is 29.6 Å². The molecule has 0 amide bonds. The van der Waals surface area contributed by atoms with E-state index in [1.54, 1.807) is 0 Å². The van der Waals surface area contributed by atoms with Crippen molar-refractivity contribution in [2.75, 3.05) is 0 Å². The van der Waals surface area contributed by atoms with E-state index in [0.717, 1.165) is 0 Å². The summed E-state index contributed by atoms with van der Waals surface area (Å²) in [5.41, 5.74) is 0. The first kappa shape index (κ1) is 45.7. The molecular formula is H4I3NaScZn. The second-order valence-electron chi connectivity index (χ2n) is 0. The number of rotatable bonds is 0. The van der Waals surface area contributed by atoms with Crippen LogP contribution in [0.25, 0.3) is 0 Å². The molecule has 0 bridgehead atoms. The van der Waals surface area contributed by atoms with Gasteiger partial charge in [-0.15, -0.1) is 71.9 Å². The van der Waals surface area contributed by atoms with Gasteiger partial charge in [-0.1, -0.05) is 0 Å². The maximum absolute atomic E-state index is 0. The molecule has 0 aromatic heterocycles. The topological polar surface area (TPSA) is 0 Å². The molecule has 0 aromatic carbocycles. The molecule has 0 fully saturated rings. The van der Waals surface area contributed by atoms with Gasteiger partial charge in [-0.3, -0.25) is 0 Å². The van der Waals surface area contributed by atoms with Crippen LogP contribution in [-0.2, 0) is 45.3 Å². The Morgan fingerprint density at radius 2 is 0.833 bits per heavy atom. The Balaban J connectivity index is 0. The summed E-state index contributed by atoms with van der Waals surface area (Å²) in [7, 11) is 0. The van der Waals surface area contributed by atoms with Crippen molar-refractivity contribution in [1.29, 1.82) is 0 Å². The molecule has 0 rings (SSSR count). The van der Waals surface area contributed by atoms with Crippen molar-refractivity contribution in [3.05, 3.63) is 0 Å². The molecule has 31 valence electrons.